The fourth-order valence-corrected chi connectivity index (χ4v) is 2.53. The van der Waals surface area contributed by atoms with Gasteiger partial charge in [0.2, 0.25) is 11.8 Å². The summed E-state index contributed by atoms with van der Waals surface area (Å²) in [5.41, 5.74) is 0. The number of nitrogens with one attached hydrogen (secondary N) is 1. The van der Waals surface area contributed by atoms with Crippen LogP contribution in [0.25, 0.3) is 0 Å². The molecule has 0 atom stereocenters. The van der Waals surface area contributed by atoms with Gasteiger partial charge < -0.3 is 15.0 Å². The van der Waals surface area contributed by atoms with Gasteiger partial charge >= 0.3 is 0 Å². The molecule has 1 N–H and O–H groups in total. The van der Waals surface area contributed by atoms with Crippen molar-refractivity contribution in [2.75, 3.05) is 26.2 Å². The number of halogens is 1. The number of rotatable bonds is 8. The van der Waals surface area contributed by atoms with E-state index in [1.54, 1.807) is 24.3 Å². The number of amides is 2. The minimum atomic E-state index is -0.0465. The number of nitrogens with zero attached hydrogens (tertiary/aromatic N) is 1. The van der Waals surface area contributed by atoms with Crippen LogP contribution in [0.1, 0.15) is 25.7 Å². The SMILES string of the molecule is O=C(CCOc1cccc(Cl)c1)NCCCN1CCCC1=O. The zero-order valence-electron chi connectivity index (χ0n) is 12.5. The first kappa shape index (κ1) is 16.6. The topological polar surface area (TPSA) is 58.6 Å². The molecule has 0 unspecified atom stereocenters. The Hall–Kier alpha value is -1.75. The molecule has 0 bridgehead atoms. The van der Waals surface area contributed by atoms with Gasteiger partial charge in [0.15, 0.2) is 0 Å². The number of carbonyl (C=O) groups excluding carboxylic acids is 2. The Balaban J connectivity index is 1.53. The molecule has 5 nitrogen and oxygen atoms in total. The van der Waals surface area contributed by atoms with E-state index >= 15 is 0 Å². The maximum Gasteiger partial charge on any atom is 0.223 e. The number of hydrogen-bond donors (Lipinski definition) is 1. The lowest BCUT2D eigenvalue weighted by molar-refractivity contribution is -0.127. The molecule has 1 heterocycles. The molecule has 1 aromatic carbocycles. The van der Waals surface area contributed by atoms with Gasteiger partial charge in [0.1, 0.15) is 5.75 Å². The number of carbonyl (C=O) groups is 2. The maximum absolute atomic E-state index is 11.7. The van der Waals surface area contributed by atoms with Crippen molar-refractivity contribution in [3.8, 4) is 5.75 Å². The van der Waals surface area contributed by atoms with E-state index in [4.69, 9.17) is 16.3 Å². The maximum atomic E-state index is 11.7. The van der Waals surface area contributed by atoms with Crippen molar-refractivity contribution in [1.82, 2.24) is 10.2 Å². The van der Waals surface area contributed by atoms with Crippen molar-refractivity contribution >= 4 is 23.4 Å². The van der Waals surface area contributed by atoms with E-state index in [1.807, 2.05) is 4.90 Å². The molecule has 22 heavy (non-hydrogen) atoms. The highest BCUT2D eigenvalue weighted by molar-refractivity contribution is 6.30. The summed E-state index contributed by atoms with van der Waals surface area (Å²) >= 11 is 5.85. The highest BCUT2D eigenvalue weighted by Gasteiger charge is 2.18. The number of hydrogen-bond acceptors (Lipinski definition) is 3. The lowest BCUT2D eigenvalue weighted by Gasteiger charge is -2.15. The first-order valence-electron chi connectivity index (χ1n) is 7.58. The fraction of sp³-hybridized carbons (Fsp3) is 0.500. The molecule has 1 aliphatic rings. The van der Waals surface area contributed by atoms with Crippen LogP contribution in [0.2, 0.25) is 5.02 Å². The largest absolute Gasteiger partial charge is 0.493 e. The van der Waals surface area contributed by atoms with Gasteiger partial charge in [-0.05, 0) is 31.0 Å². The average molecular weight is 325 g/mol. The third-order valence-electron chi connectivity index (χ3n) is 3.49. The van der Waals surface area contributed by atoms with E-state index in [9.17, 15) is 9.59 Å². The third-order valence-corrected chi connectivity index (χ3v) is 3.73. The molecule has 120 valence electrons. The second-order valence-corrected chi connectivity index (χ2v) is 5.68. The lowest BCUT2D eigenvalue weighted by atomic mass is 10.3. The molecular weight excluding hydrogens is 304 g/mol. The van der Waals surface area contributed by atoms with Crippen LogP contribution in [0.3, 0.4) is 0 Å². The fourth-order valence-electron chi connectivity index (χ4n) is 2.34. The molecule has 1 aromatic rings. The minimum Gasteiger partial charge on any atom is -0.493 e. The molecule has 1 aliphatic heterocycles. The van der Waals surface area contributed by atoms with Crippen LogP contribution in [0.15, 0.2) is 24.3 Å². The van der Waals surface area contributed by atoms with Crippen molar-refractivity contribution in [2.24, 2.45) is 0 Å². The van der Waals surface area contributed by atoms with Gasteiger partial charge in [-0.2, -0.15) is 0 Å². The first-order valence-corrected chi connectivity index (χ1v) is 7.96. The van der Waals surface area contributed by atoms with E-state index in [0.29, 0.717) is 36.8 Å². The van der Waals surface area contributed by atoms with Gasteiger partial charge in [-0.15, -0.1) is 0 Å². The van der Waals surface area contributed by atoms with Gasteiger partial charge in [-0.25, -0.2) is 0 Å². The van der Waals surface area contributed by atoms with Crippen molar-refractivity contribution < 1.29 is 14.3 Å². The highest BCUT2D eigenvalue weighted by atomic mass is 35.5. The van der Waals surface area contributed by atoms with Crippen LogP contribution in [0, 0.1) is 0 Å². The normalized spacial score (nSPS) is 14.2. The van der Waals surface area contributed by atoms with Crippen LogP contribution in [-0.4, -0.2) is 43.0 Å². The van der Waals surface area contributed by atoms with Crippen LogP contribution in [-0.2, 0) is 9.59 Å². The van der Waals surface area contributed by atoms with Crippen molar-refractivity contribution in [3.63, 3.8) is 0 Å². The second kappa shape index (κ2) is 8.63. The third kappa shape index (κ3) is 5.56. The zero-order valence-corrected chi connectivity index (χ0v) is 13.3. The summed E-state index contributed by atoms with van der Waals surface area (Å²) in [6.07, 6.45) is 2.70. The van der Waals surface area contributed by atoms with E-state index < -0.39 is 0 Å². The van der Waals surface area contributed by atoms with E-state index in [-0.39, 0.29) is 11.8 Å². The monoisotopic (exact) mass is 324 g/mol. The van der Waals surface area contributed by atoms with Crippen molar-refractivity contribution in [3.05, 3.63) is 29.3 Å². The zero-order chi connectivity index (χ0) is 15.8. The van der Waals surface area contributed by atoms with E-state index in [2.05, 4.69) is 5.32 Å². The number of likely N-dealkylation sites (tertiary alicyclic amines) is 1. The van der Waals surface area contributed by atoms with Crippen molar-refractivity contribution in [2.45, 2.75) is 25.7 Å². The number of ether oxygens (including phenoxy) is 1. The first-order chi connectivity index (χ1) is 10.6. The Bertz CT molecular complexity index is 522. The molecular formula is C16H21ClN2O3. The summed E-state index contributed by atoms with van der Waals surface area (Å²) in [5.74, 6) is 0.837. The Morgan fingerprint density at radius 3 is 3.00 bits per heavy atom. The Labute approximate surface area is 135 Å². The molecule has 0 saturated carbocycles. The Morgan fingerprint density at radius 1 is 1.41 bits per heavy atom. The van der Waals surface area contributed by atoms with Crippen LogP contribution in [0.4, 0.5) is 0 Å². The van der Waals surface area contributed by atoms with Gasteiger partial charge in [0.05, 0.1) is 13.0 Å². The van der Waals surface area contributed by atoms with Crippen LogP contribution >= 0.6 is 11.6 Å². The standard InChI is InChI=1S/C16H21ClN2O3/c17-13-4-1-5-14(12-13)22-11-7-15(20)18-8-3-10-19-9-2-6-16(19)21/h1,4-5,12H,2-3,6-11H2,(H,18,20). The van der Waals surface area contributed by atoms with Crippen LogP contribution in [0.5, 0.6) is 5.75 Å². The smallest absolute Gasteiger partial charge is 0.223 e. The summed E-state index contributed by atoms with van der Waals surface area (Å²) in [4.78, 5) is 24.9. The molecule has 0 aliphatic carbocycles. The Kier molecular flexibility index (Phi) is 6.52. The molecule has 1 fully saturated rings. The molecule has 1 saturated heterocycles. The van der Waals surface area contributed by atoms with E-state index in [0.717, 1.165) is 25.9 Å². The summed E-state index contributed by atoms with van der Waals surface area (Å²) < 4.78 is 5.46. The highest BCUT2D eigenvalue weighted by Crippen LogP contribution is 2.17. The molecule has 2 rings (SSSR count). The van der Waals surface area contributed by atoms with Gasteiger partial charge in [0, 0.05) is 31.1 Å². The summed E-state index contributed by atoms with van der Waals surface area (Å²) in [5, 5.41) is 3.45. The summed E-state index contributed by atoms with van der Waals surface area (Å²) in [6.45, 7) is 2.47. The van der Waals surface area contributed by atoms with Crippen LogP contribution < -0.4 is 10.1 Å². The van der Waals surface area contributed by atoms with Gasteiger partial charge in [-0.3, -0.25) is 9.59 Å². The van der Waals surface area contributed by atoms with Gasteiger partial charge in [0.25, 0.3) is 0 Å². The molecule has 0 spiro atoms. The average Bonchev–Trinajstić information content (AvgIpc) is 2.89. The Morgan fingerprint density at radius 2 is 2.27 bits per heavy atom. The van der Waals surface area contributed by atoms with Crippen molar-refractivity contribution in [1.29, 1.82) is 0 Å². The summed E-state index contributed by atoms with van der Waals surface area (Å²) in [6, 6.07) is 7.09. The van der Waals surface area contributed by atoms with Gasteiger partial charge in [-0.1, -0.05) is 17.7 Å². The van der Waals surface area contributed by atoms with E-state index in [1.165, 1.54) is 0 Å². The predicted octanol–water partition coefficient (Wildman–Crippen LogP) is 2.24. The number of benzene rings is 1. The summed E-state index contributed by atoms with van der Waals surface area (Å²) in [7, 11) is 0. The molecule has 2 amide bonds. The lowest BCUT2D eigenvalue weighted by Crippen LogP contribution is -2.31. The quantitative estimate of drug-likeness (QED) is 0.746. The second-order valence-electron chi connectivity index (χ2n) is 5.24. The molecule has 6 heteroatoms. The molecule has 0 aromatic heterocycles. The predicted molar refractivity (Wildman–Crippen MR) is 85.0 cm³/mol. The molecule has 0 radical (unpaired) electrons. The minimum absolute atomic E-state index is 0.0465.